The van der Waals surface area contributed by atoms with E-state index < -0.39 is 5.82 Å². The van der Waals surface area contributed by atoms with E-state index in [2.05, 4.69) is 10.1 Å². The van der Waals surface area contributed by atoms with Crippen molar-refractivity contribution in [3.8, 4) is 0 Å². The molecule has 0 atom stereocenters. The number of nitrogens with two attached hydrogens (primary N) is 1. The van der Waals surface area contributed by atoms with Crippen LogP contribution in [0.1, 0.15) is 16.2 Å². The van der Waals surface area contributed by atoms with Gasteiger partial charge in [-0.2, -0.15) is 5.10 Å². The molecule has 0 aliphatic carbocycles. The molecule has 0 aliphatic rings. The molecule has 1 aromatic heterocycles. The summed E-state index contributed by atoms with van der Waals surface area (Å²) >= 11 is 0. The minimum absolute atomic E-state index is 0.0280. The van der Waals surface area contributed by atoms with Crippen LogP contribution >= 0.6 is 0 Å². The third-order valence-corrected chi connectivity index (χ3v) is 2.45. The van der Waals surface area contributed by atoms with Crippen LogP contribution in [0.3, 0.4) is 0 Å². The van der Waals surface area contributed by atoms with E-state index in [0.717, 1.165) is 6.07 Å². The topological polar surface area (TPSA) is 73.8 Å². The molecule has 0 saturated carbocycles. The fourth-order valence-corrected chi connectivity index (χ4v) is 1.43. The molecule has 0 spiro atoms. The molecule has 17 heavy (non-hydrogen) atoms. The number of hydrogen-bond acceptors (Lipinski definition) is 4. The van der Waals surface area contributed by atoms with Crippen molar-refractivity contribution in [2.75, 3.05) is 5.73 Å². The Morgan fingerprint density at radius 2 is 2.29 bits per heavy atom. The van der Waals surface area contributed by atoms with Crippen LogP contribution in [0.4, 0.5) is 10.1 Å². The highest BCUT2D eigenvalue weighted by molar-refractivity contribution is 5.97. The second-order valence-electron chi connectivity index (χ2n) is 3.64. The minimum atomic E-state index is -0.589. The molecule has 0 fully saturated rings. The summed E-state index contributed by atoms with van der Waals surface area (Å²) in [6, 6.07) is 4.00. The van der Waals surface area contributed by atoms with Gasteiger partial charge in [0.05, 0.1) is 12.1 Å². The normalized spacial score (nSPS) is 10.5. The number of rotatable bonds is 3. The fraction of sp³-hybridized carbons (Fsp3) is 0.182. The van der Waals surface area contributed by atoms with Crippen LogP contribution in [0.5, 0.6) is 0 Å². The summed E-state index contributed by atoms with van der Waals surface area (Å²) in [6.45, 7) is 0. The average Bonchev–Trinajstić information content (AvgIpc) is 2.68. The number of Topliss-reactive ketones (excluding diaryl/α,β-unsaturated/α-hetero) is 1. The Bertz CT molecular complexity index is 564. The second-order valence-corrected chi connectivity index (χ2v) is 3.64. The number of ketones is 1. The molecule has 0 unspecified atom stereocenters. The zero-order chi connectivity index (χ0) is 12.4. The number of nitrogens with zero attached hydrogens (tertiary/aromatic N) is 3. The zero-order valence-electron chi connectivity index (χ0n) is 9.22. The molecule has 0 amide bonds. The lowest BCUT2D eigenvalue weighted by Gasteiger charge is -2.02. The quantitative estimate of drug-likeness (QED) is 0.634. The highest BCUT2D eigenvalue weighted by atomic mass is 19.1. The van der Waals surface area contributed by atoms with Gasteiger partial charge in [-0.25, -0.2) is 9.37 Å². The summed E-state index contributed by atoms with van der Waals surface area (Å²) in [5.74, 6) is -0.277. The molecule has 5 nitrogen and oxygen atoms in total. The maximum atomic E-state index is 13.2. The van der Waals surface area contributed by atoms with Gasteiger partial charge in [-0.15, -0.1) is 0 Å². The SMILES string of the molecule is Cn1ncnc1CC(=O)c1ccc(N)c(F)c1. The number of halogens is 1. The Morgan fingerprint density at radius 3 is 2.88 bits per heavy atom. The van der Waals surface area contributed by atoms with Gasteiger partial charge in [-0.1, -0.05) is 0 Å². The van der Waals surface area contributed by atoms with Gasteiger partial charge >= 0.3 is 0 Å². The van der Waals surface area contributed by atoms with Crippen molar-refractivity contribution in [2.24, 2.45) is 7.05 Å². The van der Waals surface area contributed by atoms with E-state index in [-0.39, 0.29) is 23.5 Å². The lowest BCUT2D eigenvalue weighted by molar-refractivity contribution is 0.0989. The van der Waals surface area contributed by atoms with E-state index >= 15 is 0 Å². The zero-order valence-corrected chi connectivity index (χ0v) is 9.22. The largest absolute Gasteiger partial charge is 0.396 e. The molecule has 6 heteroatoms. The third kappa shape index (κ3) is 2.30. The first kappa shape index (κ1) is 11.3. The van der Waals surface area contributed by atoms with Crippen molar-refractivity contribution in [1.29, 1.82) is 0 Å². The smallest absolute Gasteiger partial charge is 0.170 e. The molecule has 88 valence electrons. The number of nitrogen functional groups attached to an aromatic ring is 1. The van der Waals surface area contributed by atoms with Gasteiger partial charge in [0.1, 0.15) is 18.0 Å². The number of aromatic nitrogens is 3. The monoisotopic (exact) mass is 234 g/mol. The summed E-state index contributed by atoms with van der Waals surface area (Å²) in [7, 11) is 1.69. The van der Waals surface area contributed by atoms with Crippen molar-refractivity contribution in [2.45, 2.75) is 6.42 Å². The van der Waals surface area contributed by atoms with E-state index in [9.17, 15) is 9.18 Å². The van der Waals surface area contributed by atoms with Crippen LogP contribution in [0, 0.1) is 5.82 Å². The predicted octanol–water partition coefficient (Wildman–Crippen LogP) is 0.962. The van der Waals surface area contributed by atoms with Crippen molar-refractivity contribution < 1.29 is 9.18 Å². The Kier molecular flexibility index (Phi) is 2.86. The van der Waals surface area contributed by atoms with E-state index in [1.807, 2.05) is 0 Å². The van der Waals surface area contributed by atoms with Crippen LogP contribution in [0.2, 0.25) is 0 Å². The fourth-order valence-electron chi connectivity index (χ4n) is 1.43. The van der Waals surface area contributed by atoms with E-state index in [1.165, 1.54) is 23.1 Å². The first-order valence-corrected chi connectivity index (χ1v) is 4.99. The van der Waals surface area contributed by atoms with Crippen LogP contribution in [0.25, 0.3) is 0 Å². The van der Waals surface area contributed by atoms with Gasteiger partial charge in [0.25, 0.3) is 0 Å². The first-order chi connectivity index (χ1) is 8.08. The van der Waals surface area contributed by atoms with Gasteiger partial charge in [-0.05, 0) is 18.2 Å². The number of carbonyl (C=O) groups is 1. The van der Waals surface area contributed by atoms with Crippen LogP contribution in [0.15, 0.2) is 24.5 Å². The predicted molar refractivity (Wildman–Crippen MR) is 59.8 cm³/mol. The molecule has 1 aromatic carbocycles. The molecule has 2 rings (SSSR count). The highest BCUT2D eigenvalue weighted by Crippen LogP contribution is 2.13. The van der Waals surface area contributed by atoms with E-state index in [0.29, 0.717) is 5.82 Å². The third-order valence-electron chi connectivity index (χ3n) is 2.45. The Labute approximate surface area is 97.1 Å². The first-order valence-electron chi connectivity index (χ1n) is 4.99. The molecule has 2 N–H and O–H groups in total. The van der Waals surface area contributed by atoms with Crippen molar-refractivity contribution >= 4 is 11.5 Å². The van der Waals surface area contributed by atoms with Crippen LogP contribution in [-0.2, 0) is 13.5 Å². The minimum Gasteiger partial charge on any atom is -0.396 e. The summed E-state index contributed by atoms with van der Waals surface area (Å²) in [5, 5.41) is 3.85. The number of hydrogen-bond donors (Lipinski definition) is 1. The molecule has 0 aliphatic heterocycles. The molecule has 0 saturated heterocycles. The Balaban J connectivity index is 2.20. The van der Waals surface area contributed by atoms with E-state index in [4.69, 9.17) is 5.73 Å². The molecule has 2 aromatic rings. The van der Waals surface area contributed by atoms with Gasteiger partial charge in [0.2, 0.25) is 0 Å². The maximum Gasteiger partial charge on any atom is 0.170 e. The summed E-state index contributed by atoms with van der Waals surface area (Å²) in [5.41, 5.74) is 5.64. The Morgan fingerprint density at radius 1 is 1.53 bits per heavy atom. The molecule has 1 heterocycles. The number of benzene rings is 1. The van der Waals surface area contributed by atoms with Crippen molar-refractivity contribution in [3.63, 3.8) is 0 Å². The molecular formula is C11H11FN4O. The van der Waals surface area contributed by atoms with Gasteiger partial charge in [-0.3, -0.25) is 9.48 Å². The van der Waals surface area contributed by atoms with Gasteiger partial charge in [0, 0.05) is 12.6 Å². The van der Waals surface area contributed by atoms with Crippen LogP contribution < -0.4 is 5.73 Å². The van der Waals surface area contributed by atoms with Gasteiger partial charge < -0.3 is 5.73 Å². The maximum absolute atomic E-state index is 13.2. The molecular weight excluding hydrogens is 223 g/mol. The van der Waals surface area contributed by atoms with Crippen LogP contribution in [-0.4, -0.2) is 20.5 Å². The standard InChI is InChI=1S/C11H11FN4O/c1-16-11(14-6-15-16)5-10(17)7-2-3-9(13)8(12)4-7/h2-4,6H,5,13H2,1H3. The molecule has 0 radical (unpaired) electrons. The summed E-state index contributed by atoms with van der Waals surface area (Å²) in [6.07, 6.45) is 1.45. The average molecular weight is 234 g/mol. The summed E-state index contributed by atoms with van der Waals surface area (Å²) < 4.78 is 14.7. The number of carbonyl (C=O) groups excluding carboxylic acids is 1. The lowest BCUT2D eigenvalue weighted by Crippen LogP contribution is -2.09. The van der Waals surface area contributed by atoms with Crippen molar-refractivity contribution in [3.05, 3.63) is 41.7 Å². The van der Waals surface area contributed by atoms with E-state index in [1.54, 1.807) is 7.05 Å². The number of anilines is 1. The van der Waals surface area contributed by atoms with Gasteiger partial charge in [0.15, 0.2) is 5.78 Å². The highest BCUT2D eigenvalue weighted by Gasteiger charge is 2.12. The Hall–Kier alpha value is -2.24. The molecule has 0 bridgehead atoms. The number of aryl methyl sites for hydroxylation is 1. The second kappa shape index (κ2) is 4.32. The van der Waals surface area contributed by atoms with Crippen molar-refractivity contribution in [1.82, 2.24) is 14.8 Å². The summed E-state index contributed by atoms with van der Waals surface area (Å²) in [4.78, 5) is 15.8. The lowest BCUT2D eigenvalue weighted by atomic mass is 10.1.